The third kappa shape index (κ3) is 3.38. The van der Waals surface area contributed by atoms with Crippen LogP contribution in [0.5, 0.6) is 0 Å². The Hall–Kier alpha value is -0.840. The Kier molecular flexibility index (Phi) is 4.66. The number of hydrogen-bond donors (Lipinski definition) is 1. The number of rotatable bonds is 3. The van der Waals surface area contributed by atoms with Gasteiger partial charge in [-0.05, 0) is 44.6 Å². The van der Waals surface area contributed by atoms with Crippen molar-refractivity contribution in [1.82, 2.24) is 4.90 Å². The van der Waals surface area contributed by atoms with E-state index in [1.165, 1.54) is 19.4 Å². The zero-order valence-electron chi connectivity index (χ0n) is 11.4. The van der Waals surface area contributed by atoms with Gasteiger partial charge < -0.3 is 15.5 Å². The number of anilines is 1. The first-order chi connectivity index (χ1) is 8.99. The molecule has 104 valence electrons. The van der Waals surface area contributed by atoms with Crippen LogP contribution in [0.15, 0.2) is 18.2 Å². The minimum atomic E-state index is 0.397. The average molecular weight is 298 g/mol. The summed E-state index contributed by atoms with van der Waals surface area (Å²) in [7, 11) is 4.27. The van der Waals surface area contributed by atoms with E-state index in [1.54, 1.807) is 0 Å². The van der Waals surface area contributed by atoms with Gasteiger partial charge in [0.05, 0.1) is 0 Å². The van der Waals surface area contributed by atoms with Crippen LogP contribution < -0.4 is 10.6 Å². The number of nitrogens with two attached hydrogens (primary N) is 1. The molecule has 0 saturated carbocycles. The van der Waals surface area contributed by atoms with Crippen molar-refractivity contribution >= 4 is 34.5 Å². The smallest absolute Gasteiger partial charge is 0.106 e. The molecular weight excluding hydrogens is 278 g/mol. The molecular formula is C14H20ClN3S. The van der Waals surface area contributed by atoms with Crippen molar-refractivity contribution in [2.75, 3.05) is 32.1 Å². The molecule has 3 nitrogen and oxygen atoms in total. The summed E-state index contributed by atoms with van der Waals surface area (Å²) in [5, 5.41) is 0.667. The van der Waals surface area contributed by atoms with Crippen molar-refractivity contribution in [3.63, 3.8) is 0 Å². The number of benzene rings is 1. The van der Waals surface area contributed by atoms with Crippen molar-refractivity contribution in [3.8, 4) is 0 Å². The molecule has 1 atom stereocenters. The molecule has 1 aromatic rings. The lowest BCUT2D eigenvalue weighted by atomic mass is 10.0. The lowest BCUT2D eigenvalue weighted by Crippen LogP contribution is -2.45. The minimum absolute atomic E-state index is 0.397. The lowest BCUT2D eigenvalue weighted by Gasteiger charge is -2.37. The van der Waals surface area contributed by atoms with Crippen LogP contribution >= 0.6 is 23.8 Å². The van der Waals surface area contributed by atoms with Gasteiger partial charge in [-0.2, -0.15) is 0 Å². The maximum Gasteiger partial charge on any atom is 0.106 e. The summed E-state index contributed by atoms with van der Waals surface area (Å²) in [5.41, 5.74) is 7.74. The van der Waals surface area contributed by atoms with Gasteiger partial charge in [-0.15, -0.1) is 0 Å². The SMILES string of the molecule is CN1CCCC(N(C)c2ccc(Cl)cc2C(N)=S)C1. The third-order valence-corrected chi connectivity index (χ3v) is 4.21. The van der Waals surface area contributed by atoms with Crippen LogP contribution in [0.1, 0.15) is 18.4 Å². The van der Waals surface area contributed by atoms with Crippen LogP contribution in [0.2, 0.25) is 5.02 Å². The maximum atomic E-state index is 6.03. The van der Waals surface area contributed by atoms with Crippen LogP contribution in [-0.4, -0.2) is 43.1 Å². The van der Waals surface area contributed by atoms with E-state index in [2.05, 4.69) is 23.9 Å². The summed E-state index contributed by atoms with van der Waals surface area (Å²) in [6.07, 6.45) is 2.42. The van der Waals surface area contributed by atoms with Crippen molar-refractivity contribution < 1.29 is 0 Å². The number of piperidine rings is 1. The number of hydrogen-bond acceptors (Lipinski definition) is 3. The van der Waals surface area contributed by atoms with E-state index in [1.807, 2.05) is 18.2 Å². The minimum Gasteiger partial charge on any atom is -0.389 e. The van der Waals surface area contributed by atoms with E-state index < -0.39 is 0 Å². The van der Waals surface area contributed by atoms with Gasteiger partial charge in [0.25, 0.3) is 0 Å². The molecule has 1 aliphatic heterocycles. The zero-order chi connectivity index (χ0) is 14.0. The highest BCUT2D eigenvalue weighted by Crippen LogP contribution is 2.27. The predicted octanol–water partition coefficient (Wildman–Crippen LogP) is 2.50. The highest BCUT2D eigenvalue weighted by molar-refractivity contribution is 7.80. The van der Waals surface area contributed by atoms with Crippen LogP contribution in [0.3, 0.4) is 0 Å². The van der Waals surface area contributed by atoms with Crippen LogP contribution in [0.25, 0.3) is 0 Å². The predicted molar refractivity (Wildman–Crippen MR) is 86.3 cm³/mol. The first kappa shape index (κ1) is 14.6. The van der Waals surface area contributed by atoms with Crippen LogP contribution in [0.4, 0.5) is 5.69 Å². The molecule has 2 rings (SSSR count). The molecule has 1 fully saturated rings. The molecule has 1 heterocycles. The number of thiocarbonyl (C=S) groups is 1. The fraction of sp³-hybridized carbons (Fsp3) is 0.500. The van der Waals surface area contributed by atoms with Gasteiger partial charge in [-0.3, -0.25) is 0 Å². The van der Waals surface area contributed by atoms with Crippen LogP contribution in [0, 0.1) is 0 Å². The molecule has 1 aliphatic rings. The highest BCUT2D eigenvalue weighted by atomic mass is 35.5. The molecule has 1 saturated heterocycles. The van der Waals surface area contributed by atoms with Gasteiger partial charge in [0, 0.05) is 35.9 Å². The molecule has 19 heavy (non-hydrogen) atoms. The second kappa shape index (κ2) is 6.07. The van der Waals surface area contributed by atoms with E-state index >= 15 is 0 Å². The Morgan fingerprint density at radius 2 is 2.26 bits per heavy atom. The number of nitrogens with zero attached hydrogens (tertiary/aromatic N) is 2. The van der Waals surface area contributed by atoms with E-state index in [0.717, 1.165) is 17.8 Å². The van der Waals surface area contributed by atoms with Gasteiger partial charge in [0.1, 0.15) is 4.99 Å². The molecule has 5 heteroatoms. The largest absolute Gasteiger partial charge is 0.389 e. The molecule has 1 aromatic carbocycles. The quantitative estimate of drug-likeness (QED) is 0.869. The average Bonchev–Trinajstić information content (AvgIpc) is 2.37. The summed E-state index contributed by atoms with van der Waals surface area (Å²) >= 11 is 11.2. The molecule has 0 aliphatic carbocycles. The summed E-state index contributed by atoms with van der Waals surface area (Å²) in [6.45, 7) is 2.24. The Morgan fingerprint density at radius 1 is 1.53 bits per heavy atom. The van der Waals surface area contributed by atoms with E-state index in [9.17, 15) is 0 Å². The van der Waals surface area contributed by atoms with Gasteiger partial charge in [-0.1, -0.05) is 23.8 Å². The normalized spacial score (nSPS) is 20.3. The fourth-order valence-electron chi connectivity index (χ4n) is 2.67. The Morgan fingerprint density at radius 3 is 2.89 bits per heavy atom. The van der Waals surface area contributed by atoms with Crippen molar-refractivity contribution in [1.29, 1.82) is 0 Å². The molecule has 2 N–H and O–H groups in total. The fourth-order valence-corrected chi connectivity index (χ4v) is 3.00. The Balaban J connectivity index is 2.27. The molecule has 0 radical (unpaired) electrons. The second-order valence-electron chi connectivity index (χ2n) is 5.19. The molecule has 0 bridgehead atoms. The third-order valence-electron chi connectivity index (χ3n) is 3.75. The van der Waals surface area contributed by atoms with E-state index in [4.69, 9.17) is 29.6 Å². The molecule has 0 aromatic heterocycles. The monoisotopic (exact) mass is 297 g/mol. The number of likely N-dealkylation sites (tertiary alicyclic amines) is 1. The first-order valence-electron chi connectivity index (χ1n) is 6.50. The summed E-state index contributed by atoms with van der Waals surface area (Å²) < 4.78 is 0. The molecule has 0 amide bonds. The summed E-state index contributed by atoms with van der Waals surface area (Å²) in [5.74, 6) is 0. The van der Waals surface area contributed by atoms with Gasteiger partial charge in [-0.25, -0.2) is 0 Å². The van der Waals surface area contributed by atoms with Crippen molar-refractivity contribution in [2.24, 2.45) is 5.73 Å². The Labute approximate surface area is 125 Å². The standard InChI is InChI=1S/C14H20ClN3S/c1-17-7-3-4-11(9-17)18(2)13-6-5-10(15)8-12(13)14(16)19/h5-6,8,11H,3-4,7,9H2,1-2H3,(H2,16,19). The van der Waals surface area contributed by atoms with Gasteiger partial charge >= 0.3 is 0 Å². The summed E-state index contributed by atoms with van der Waals surface area (Å²) in [6, 6.07) is 6.24. The van der Waals surface area contributed by atoms with Gasteiger partial charge in [0.15, 0.2) is 0 Å². The Bertz CT molecular complexity index is 478. The second-order valence-corrected chi connectivity index (χ2v) is 6.07. The topological polar surface area (TPSA) is 32.5 Å². The lowest BCUT2D eigenvalue weighted by molar-refractivity contribution is 0.248. The highest BCUT2D eigenvalue weighted by Gasteiger charge is 2.23. The van der Waals surface area contributed by atoms with E-state index in [0.29, 0.717) is 16.1 Å². The van der Waals surface area contributed by atoms with Gasteiger partial charge in [0.2, 0.25) is 0 Å². The number of halogens is 1. The zero-order valence-corrected chi connectivity index (χ0v) is 13.0. The van der Waals surface area contributed by atoms with Crippen molar-refractivity contribution in [2.45, 2.75) is 18.9 Å². The maximum absolute atomic E-state index is 6.03. The van der Waals surface area contributed by atoms with E-state index in [-0.39, 0.29) is 0 Å². The molecule has 1 unspecified atom stereocenters. The summed E-state index contributed by atoms with van der Waals surface area (Å²) in [4.78, 5) is 5.04. The van der Waals surface area contributed by atoms with Crippen molar-refractivity contribution in [3.05, 3.63) is 28.8 Å². The first-order valence-corrected chi connectivity index (χ1v) is 7.28. The van der Waals surface area contributed by atoms with Crippen LogP contribution in [-0.2, 0) is 0 Å². The number of likely N-dealkylation sites (N-methyl/N-ethyl adjacent to an activating group) is 2. The molecule has 0 spiro atoms.